The second-order valence-electron chi connectivity index (χ2n) is 7.25. The van der Waals surface area contributed by atoms with Crippen LogP contribution >= 0.6 is 0 Å². The molecule has 0 radical (unpaired) electrons. The molecule has 0 N–H and O–H groups in total. The molecule has 0 unspecified atom stereocenters. The van der Waals surface area contributed by atoms with Gasteiger partial charge in [0.2, 0.25) is 5.91 Å². The maximum atomic E-state index is 13.8. The lowest BCUT2D eigenvalue weighted by Gasteiger charge is -2.33. The minimum absolute atomic E-state index is 0.00914. The van der Waals surface area contributed by atoms with E-state index in [2.05, 4.69) is 10.3 Å². The molecular weight excluding hydrogens is 418 g/mol. The molecule has 3 rings (SSSR count). The van der Waals surface area contributed by atoms with Crippen LogP contribution in [0.5, 0.6) is 0 Å². The first-order valence-corrected chi connectivity index (χ1v) is 10.0. The van der Waals surface area contributed by atoms with E-state index >= 15 is 0 Å². The molecule has 2 heterocycles. The number of rotatable bonds is 5. The minimum atomic E-state index is -4.93. The SMILES string of the molecule is CCN(CC)C(=O)C1CCN(C(=O)c2nnn(-c3cccc(F)c3)c2C(F)(F)F)CC1. The molecule has 1 fully saturated rings. The van der Waals surface area contributed by atoms with Gasteiger partial charge in [0.1, 0.15) is 5.82 Å². The molecule has 31 heavy (non-hydrogen) atoms. The van der Waals surface area contributed by atoms with E-state index in [0.717, 1.165) is 12.1 Å². The molecule has 0 saturated carbocycles. The molecule has 0 bridgehead atoms. The summed E-state index contributed by atoms with van der Waals surface area (Å²) >= 11 is 0. The molecule has 2 aromatic rings. The smallest absolute Gasteiger partial charge is 0.343 e. The topological polar surface area (TPSA) is 71.3 Å². The molecule has 7 nitrogen and oxygen atoms in total. The monoisotopic (exact) mass is 441 g/mol. The number of nitrogens with zero attached hydrogens (tertiary/aromatic N) is 5. The second kappa shape index (κ2) is 9.03. The van der Waals surface area contributed by atoms with Crippen LogP contribution in [0.25, 0.3) is 5.69 Å². The molecule has 0 atom stereocenters. The number of hydrogen-bond acceptors (Lipinski definition) is 4. The van der Waals surface area contributed by atoms with Crippen LogP contribution in [0.4, 0.5) is 17.6 Å². The van der Waals surface area contributed by atoms with Gasteiger partial charge in [0, 0.05) is 32.1 Å². The van der Waals surface area contributed by atoms with E-state index in [0.29, 0.717) is 30.6 Å². The van der Waals surface area contributed by atoms with Crippen molar-refractivity contribution in [3.05, 3.63) is 41.5 Å². The van der Waals surface area contributed by atoms with Crippen LogP contribution in [0.2, 0.25) is 0 Å². The van der Waals surface area contributed by atoms with Gasteiger partial charge in [-0.3, -0.25) is 9.59 Å². The standard InChI is InChI=1S/C20H23F4N5O2/c1-3-27(4-2)18(30)13-8-10-28(11-9-13)19(31)16-17(20(22,23)24)29(26-25-16)15-7-5-6-14(21)12-15/h5-7,12-13H,3-4,8-11H2,1-2H3. The fraction of sp³-hybridized carbons (Fsp3) is 0.500. The Morgan fingerprint density at radius 1 is 1.16 bits per heavy atom. The molecule has 168 valence electrons. The summed E-state index contributed by atoms with van der Waals surface area (Å²) < 4.78 is 55.2. The van der Waals surface area contributed by atoms with Crippen molar-refractivity contribution in [2.24, 2.45) is 5.92 Å². The van der Waals surface area contributed by atoms with Crippen molar-refractivity contribution in [2.75, 3.05) is 26.2 Å². The number of amides is 2. The molecule has 1 aromatic heterocycles. The van der Waals surface area contributed by atoms with E-state index in [1.54, 1.807) is 4.90 Å². The predicted molar refractivity (Wildman–Crippen MR) is 103 cm³/mol. The fourth-order valence-electron chi connectivity index (χ4n) is 3.74. The normalized spacial score (nSPS) is 15.2. The molecule has 1 aromatic carbocycles. The maximum Gasteiger partial charge on any atom is 0.435 e. The number of benzene rings is 1. The van der Waals surface area contributed by atoms with Crippen molar-refractivity contribution in [3.63, 3.8) is 0 Å². The number of hydrogen-bond donors (Lipinski definition) is 0. The van der Waals surface area contributed by atoms with Gasteiger partial charge in [-0.15, -0.1) is 5.10 Å². The van der Waals surface area contributed by atoms with Gasteiger partial charge in [-0.05, 0) is 44.9 Å². The Labute approximate surface area is 176 Å². The van der Waals surface area contributed by atoms with Crippen LogP contribution in [-0.2, 0) is 11.0 Å². The summed E-state index contributed by atoms with van der Waals surface area (Å²) in [7, 11) is 0. The van der Waals surface area contributed by atoms with E-state index in [9.17, 15) is 27.2 Å². The number of aromatic nitrogens is 3. The highest BCUT2D eigenvalue weighted by Gasteiger charge is 2.43. The maximum absolute atomic E-state index is 13.8. The van der Waals surface area contributed by atoms with E-state index < -0.39 is 29.3 Å². The lowest BCUT2D eigenvalue weighted by molar-refractivity contribution is -0.143. The van der Waals surface area contributed by atoms with Crippen molar-refractivity contribution in [3.8, 4) is 5.69 Å². The summed E-state index contributed by atoms with van der Waals surface area (Å²) in [5.41, 5.74) is -2.39. The Hall–Kier alpha value is -2.98. The quantitative estimate of drug-likeness (QED) is 0.669. The molecule has 2 amide bonds. The molecule has 1 saturated heterocycles. The van der Waals surface area contributed by atoms with Gasteiger partial charge < -0.3 is 9.80 Å². The summed E-state index contributed by atoms with van der Waals surface area (Å²) in [6, 6.07) is 4.45. The van der Waals surface area contributed by atoms with E-state index in [4.69, 9.17) is 0 Å². The number of piperidine rings is 1. The number of halogens is 4. The lowest BCUT2D eigenvalue weighted by atomic mass is 9.95. The number of carbonyl (C=O) groups is 2. The zero-order valence-corrected chi connectivity index (χ0v) is 17.2. The van der Waals surface area contributed by atoms with Crippen LogP contribution in [0.3, 0.4) is 0 Å². The van der Waals surface area contributed by atoms with Crippen LogP contribution in [0.15, 0.2) is 24.3 Å². The number of alkyl halides is 3. The summed E-state index contributed by atoms with van der Waals surface area (Å²) in [5.74, 6) is -1.93. The number of likely N-dealkylation sites (tertiary alicyclic amines) is 1. The Morgan fingerprint density at radius 3 is 2.35 bits per heavy atom. The van der Waals surface area contributed by atoms with Crippen LogP contribution in [-0.4, -0.2) is 62.8 Å². The van der Waals surface area contributed by atoms with Crippen LogP contribution < -0.4 is 0 Å². The molecule has 1 aliphatic rings. The summed E-state index contributed by atoms with van der Waals surface area (Å²) in [6.07, 6.45) is -4.21. The minimum Gasteiger partial charge on any atom is -0.343 e. The first-order valence-electron chi connectivity index (χ1n) is 10.0. The number of carbonyl (C=O) groups excluding carboxylic acids is 2. The summed E-state index contributed by atoms with van der Waals surface area (Å²) in [4.78, 5) is 28.3. The van der Waals surface area contributed by atoms with Gasteiger partial charge in [-0.1, -0.05) is 11.3 Å². The van der Waals surface area contributed by atoms with Gasteiger partial charge in [-0.25, -0.2) is 9.07 Å². The largest absolute Gasteiger partial charge is 0.435 e. The molecule has 0 aliphatic carbocycles. The van der Waals surface area contributed by atoms with E-state index in [1.165, 1.54) is 17.0 Å². The highest BCUT2D eigenvalue weighted by Crippen LogP contribution is 2.34. The van der Waals surface area contributed by atoms with Crippen molar-refractivity contribution in [1.82, 2.24) is 24.8 Å². The Balaban J connectivity index is 1.82. The average molecular weight is 441 g/mol. The van der Waals surface area contributed by atoms with Crippen LogP contribution in [0, 0.1) is 11.7 Å². The first-order chi connectivity index (χ1) is 14.7. The predicted octanol–water partition coefficient (Wildman–Crippen LogP) is 3.15. The highest BCUT2D eigenvalue weighted by atomic mass is 19.4. The highest BCUT2D eigenvalue weighted by molar-refractivity contribution is 5.94. The van der Waals surface area contributed by atoms with Gasteiger partial charge >= 0.3 is 6.18 Å². The van der Waals surface area contributed by atoms with Crippen molar-refractivity contribution >= 4 is 11.8 Å². The van der Waals surface area contributed by atoms with Gasteiger partial charge in [0.05, 0.1) is 5.69 Å². The van der Waals surface area contributed by atoms with Gasteiger partial charge in [0.25, 0.3) is 5.91 Å². The van der Waals surface area contributed by atoms with Gasteiger partial charge in [0.15, 0.2) is 11.4 Å². The Kier molecular flexibility index (Phi) is 6.61. The third kappa shape index (κ3) is 4.70. The summed E-state index contributed by atoms with van der Waals surface area (Å²) in [5, 5.41) is 6.95. The van der Waals surface area contributed by atoms with Crippen LogP contribution in [0.1, 0.15) is 42.9 Å². The fourth-order valence-corrected chi connectivity index (χ4v) is 3.74. The molecule has 0 spiro atoms. The Bertz CT molecular complexity index is 947. The second-order valence-corrected chi connectivity index (χ2v) is 7.25. The van der Waals surface area contributed by atoms with Crippen molar-refractivity contribution in [1.29, 1.82) is 0 Å². The third-order valence-corrected chi connectivity index (χ3v) is 5.40. The Morgan fingerprint density at radius 2 is 1.81 bits per heavy atom. The van der Waals surface area contributed by atoms with Gasteiger partial charge in [-0.2, -0.15) is 13.2 Å². The first kappa shape index (κ1) is 22.7. The molecule has 11 heteroatoms. The van der Waals surface area contributed by atoms with Crippen molar-refractivity contribution in [2.45, 2.75) is 32.9 Å². The average Bonchev–Trinajstić information content (AvgIpc) is 3.20. The third-order valence-electron chi connectivity index (χ3n) is 5.40. The van der Waals surface area contributed by atoms with Crippen molar-refractivity contribution < 1.29 is 27.2 Å². The lowest BCUT2D eigenvalue weighted by Crippen LogP contribution is -2.44. The van der Waals surface area contributed by atoms with E-state index in [-0.39, 0.29) is 30.6 Å². The van der Waals surface area contributed by atoms with E-state index in [1.807, 2.05) is 13.8 Å². The molecule has 1 aliphatic heterocycles. The zero-order chi connectivity index (χ0) is 22.8. The zero-order valence-electron chi connectivity index (χ0n) is 17.2. The summed E-state index contributed by atoms with van der Waals surface area (Å²) in [6.45, 7) is 5.18. The molecular formula is C20H23F4N5O2.